The highest BCUT2D eigenvalue weighted by atomic mass is 16.6. The summed E-state index contributed by atoms with van der Waals surface area (Å²) in [5.74, 6) is -4.56. The second kappa shape index (κ2) is 17.5. The summed E-state index contributed by atoms with van der Waals surface area (Å²) in [7, 11) is 0. The summed E-state index contributed by atoms with van der Waals surface area (Å²) in [6.07, 6.45) is -10.1. The van der Waals surface area contributed by atoms with E-state index in [4.69, 9.17) is 23.7 Å². The lowest BCUT2D eigenvalue weighted by molar-refractivity contribution is -0.320. The fourth-order valence-corrected chi connectivity index (χ4v) is 8.61. The molecule has 15 nitrogen and oxygen atoms in total. The van der Waals surface area contributed by atoms with Crippen LogP contribution in [0.15, 0.2) is 41.5 Å². The SMILES string of the molecule is CCC(=O)[C@H](O)C1=C(C)[C@@H](OC(=O)[C@H](O)[C@H](CC(C)C)NC(=O)OC(C)(C)C)C[C@@](O)([C@@H](OC(=O)c2ccccc2)[C@H]2C[C@@H](O)C[C@H]3OC[C@@]23OC(C)=O)C1(C)C. The van der Waals surface area contributed by atoms with Crippen LogP contribution in [-0.4, -0.2) is 116 Å². The molecule has 1 aromatic rings. The largest absolute Gasteiger partial charge is 0.456 e. The number of esters is 3. The molecule has 318 valence electrons. The number of aliphatic hydroxyl groups excluding tert-OH is 3. The van der Waals surface area contributed by atoms with Gasteiger partial charge in [0.25, 0.3) is 0 Å². The van der Waals surface area contributed by atoms with Gasteiger partial charge in [-0.3, -0.25) is 9.59 Å². The number of benzene rings is 1. The predicted molar refractivity (Wildman–Crippen MR) is 204 cm³/mol. The zero-order valence-electron chi connectivity index (χ0n) is 34.7. The van der Waals surface area contributed by atoms with E-state index in [1.165, 1.54) is 26.0 Å². The van der Waals surface area contributed by atoms with E-state index < -0.39 is 107 Å². The van der Waals surface area contributed by atoms with Gasteiger partial charge in [-0.2, -0.15) is 0 Å². The van der Waals surface area contributed by atoms with Crippen LogP contribution in [0.5, 0.6) is 0 Å². The van der Waals surface area contributed by atoms with E-state index in [2.05, 4.69) is 5.32 Å². The quantitative estimate of drug-likeness (QED) is 0.103. The van der Waals surface area contributed by atoms with Gasteiger partial charge in [-0.25, -0.2) is 14.4 Å². The maximum absolute atomic E-state index is 14.0. The van der Waals surface area contributed by atoms with Crippen molar-refractivity contribution in [3.05, 3.63) is 47.0 Å². The van der Waals surface area contributed by atoms with Crippen LogP contribution in [0, 0.1) is 17.3 Å². The zero-order chi connectivity index (χ0) is 42.8. The Labute approximate surface area is 334 Å². The minimum atomic E-state index is -2.34. The number of aliphatic hydroxyl groups is 4. The number of alkyl carbamates (subject to hydrolysis) is 1. The van der Waals surface area contributed by atoms with Gasteiger partial charge in [-0.1, -0.05) is 52.8 Å². The summed E-state index contributed by atoms with van der Waals surface area (Å²) in [5.41, 5.74) is -6.00. The third kappa shape index (κ3) is 9.71. The van der Waals surface area contributed by atoms with Crippen molar-refractivity contribution in [1.29, 1.82) is 0 Å². The Morgan fingerprint density at radius 3 is 2.19 bits per heavy atom. The van der Waals surface area contributed by atoms with Gasteiger partial charge in [0, 0.05) is 37.5 Å². The molecule has 1 saturated carbocycles. The van der Waals surface area contributed by atoms with Crippen molar-refractivity contribution < 1.29 is 68.1 Å². The molecular weight excluding hydrogens is 742 g/mol. The maximum Gasteiger partial charge on any atom is 0.407 e. The lowest BCUT2D eigenvalue weighted by Crippen LogP contribution is -2.75. The molecule has 1 heterocycles. The molecule has 1 amide bonds. The van der Waals surface area contributed by atoms with Crippen molar-refractivity contribution >= 4 is 29.8 Å². The first-order chi connectivity index (χ1) is 26.4. The summed E-state index contributed by atoms with van der Waals surface area (Å²) in [4.78, 5) is 66.7. The Bertz CT molecular complexity index is 1680. The Morgan fingerprint density at radius 1 is 1.04 bits per heavy atom. The van der Waals surface area contributed by atoms with Crippen LogP contribution < -0.4 is 5.32 Å². The minimum Gasteiger partial charge on any atom is -0.456 e. The van der Waals surface area contributed by atoms with E-state index in [1.807, 2.05) is 13.8 Å². The van der Waals surface area contributed by atoms with Gasteiger partial charge in [0.2, 0.25) is 0 Å². The Balaban J connectivity index is 1.87. The van der Waals surface area contributed by atoms with Gasteiger partial charge >= 0.3 is 24.0 Å². The maximum atomic E-state index is 14.0. The molecule has 5 N–H and O–H groups in total. The third-order valence-electron chi connectivity index (χ3n) is 11.5. The van der Waals surface area contributed by atoms with Crippen LogP contribution in [0.1, 0.15) is 112 Å². The average molecular weight is 804 g/mol. The van der Waals surface area contributed by atoms with Gasteiger partial charge in [0.05, 0.1) is 24.3 Å². The topological polar surface area (TPSA) is 224 Å². The number of hydrogen-bond acceptors (Lipinski definition) is 14. The van der Waals surface area contributed by atoms with E-state index in [-0.39, 0.29) is 54.9 Å². The number of rotatable bonds is 14. The molecule has 0 unspecified atom stereocenters. The highest BCUT2D eigenvalue weighted by molar-refractivity contribution is 5.89. The standard InChI is InChI=1S/C42H61NO14/c1-11-29(46)34(48)32-23(4)30(54-37(50)33(47)28(17-22(2)3)43-38(51)57-39(6,7)8)20-42(52,40(32,9)10)35(55-36(49)25-15-13-12-14-16-25)27-18-26(45)19-31-41(27,21-53-31)56-24(5)44/h12-16,22,26-28,30-31,33-35,45,47-48,52H,11,17-21H2,1-10H3,(H,43,51)/t26-,27-,28+,30+,31-,33-,34+,35+,41-,42-/m1/s1. The van der Waals surface area contributed by atoms with Crippen molar-refractivity contribution in [2.75, 3.05) is 6.61 Å². The monoisotopic (exact) mass is 803 g/mol. The number of fused-ring (bicyclic) bond motifs is 1. The number of ether oxygens (including phenoxy) is 5. The number of amides is 1. The lowest BCUT2D eigenvalue weighted by Gasteiger charge is -2.61. The Hall–Kier alpha value is -3.89. The second-order valence-corrected chi connectivity index (χ2v) is 17.6. The Kier molecular flexibility index (Phi) is 14.1. The third-order valence-corrected chi connectivity index (χ3v) is 11.5. The predicted octanol–water partition coefficient (Wildman–Crippen LogP) is 3.71. The summed E-state index contributed by atoms with van der Waals surface area (Å²) in [5, 5.41) is 50.2. The molecule has 4 rings (SSSR count). The lowest BCUT2D eigenvalue weighted by atomic mass is 9.53. The molecule has 0 aromatic heterocycles. The van der Waals surface area contributed by atoms with E-state index in [0.717, 1.165) is 0 Å². The first kappa shape index (κ1) is 45.8. The molecule has 15 heteroatoms. The van der Waals surface area contributed by atoms with E-state index in [9.17, 15) is 44.4 Å². The summed E-state index contributed by atoms with van der Waals surface area (Å²) in [6, 6.07) is 6.78. The van der Waals surface area contributed by atoms with Crippen LogP contribution in [-0.2, 0) is 38.1 Å². The molecule has 2 fully saturated rings. The summed E-state index contributed by atoms with van der Waals surface area (Å²) < 4.78 is 29.4. The fraction of sp³-hybridized carbons (Fsp3) is 0.690. The normalized spacial score (nSPS) is 29.1. The van der Waals surface area contributed by atoms with Crippen molar-refractivity contribution in [2.24, 2.45) is 17.3 Å². The van der Waals surface area contributed by atoms with Crippen LogP contribution in [0.3, 0.4) is 0 Å². The van der Waals surface area contributed by atoms with Crippen LogP contribution in [0.4, 0.5) is 4.79 Å². The van der Waals surface area contributed by atoms with Crippen molar-refractivity contribution in [3.63, 3.8) is 0 Å². The highest BCUT2D eigenvalue weighted by Crippen LogP contribution is 2.57. The van der Waals surface area contributed by atoms with Gasteiger partial charge in [0.15, 0.2) is 17.5 Å². The molecule has 2 aliphatic carbocycles. The number of carbonyl (C=O) groups excluding carboxylic acids is 5. The van der Waals surface area contributed by atoms with Crippen molar-refractivity contribution in [2.45, 2.75) is 161 Å². The second-order valence-electron chi connectivity index (χ2n) is 17.6. The highest BCUT2D eigenvalue weighted by Gasteiger charge is 2.69. The molecule has 57 heavy (non-hydrogen) atoms. The number of hydrogen-bond donors (Lipinski definition) is 5. The molecule has 10 atom stereocenters. The zero-order valence-corrected chi connectivity index (χ0v) is 34.7. The number of carbonyl (C=O) groups is 5. The molecule has 1 saturated heterocycles. The number of ketones is 1. The molecule has 0 spiro atoms. The first-order valence-electron chi connectivity index (χ1n) is 19.7. The van der Waals surface area contributed by atoms with Gasteiger partial charge in [0.1, 0.15) is 35.6 Å². The Morgan fingerprint density at radius 2 is 1.67 bits per heavy atom. The first-order valence-corrected chi connectivity index (χ1v) is 19.7. The van der Waals surface area contributed by atoms with Crippen LogP contribution in [0.25, 0.3) is 0 Å². The molecule has 1 aliphatic heterocycles. The van der Waals surface area contributed by atoms with Crippen molar-refractivity contribution in [1.82, 2.24) is 5.32 Å². The molecule has 1 aromatic carbocycles. The van der Waals surface area contributed by atoms with Crippen molar-refractivity contribution in [3.8, 4) is 0 Å². The number of nitrogens with one attached hydrogen (secondary N) is 1. The molecular formula is C42H61NO14. The average Bonchev–Trinajstić information content (AvgIpc) is 3.10. The smallest absolute Gasteiger partial charge is 0.407 e. The van der Waals surface area contributed by atoms with E-state index in [0.29, 0.717) is 0 Å². The van der Waals surface area contributed by atoms with Gasteiger partial charge in [-0.05, 0) is 69.7 Å². The van der Waals surface area contributed by atoms with Crippen LogP contribution in [0.2, 0.25) is 0 Å². The summed E-state index contributed by atoms with van der Waals surface area (Å²) >= 11 is 0. The van der Waals surface area contributed by atoms with Gasteiger partial charge in [-0.15, -0.1) is 0 Å². The van der Waals surface area contributed by atoms with E-state index >= 15 is 0 Å². The fourth-order valence-electron chi connectivity index (χ4n) is 8.61. The van der Waals surface area contributed by atoms with E-state index in [1.54, 1.807) is 59.7 Å². The van der Waals surface area contributed by atoms with Gasteiger partial charge < -0.3 is 49.4 Å². The molecule has 0 bridgehead atoms. The summed E-state index contributed by atoms with van der Waals surface area (Å²) in [6.45, 7) is 15.9. The molecule has 3 aliphatic rings. The minimum absolute atomic E-state index is 0.0129. The van der Waals surface area contributed by atoms with Crippen LogP contribution >= 0.6 is 0 Å². The molecule has 0 radical (unpaired) electrons. The number of Topliss-reactive ketones (excluding diaryl/α,β-unsaturated/α-hetero) is 1.